The number of carbonyl (C=O) groups is 2. The third-order valence-corrected chi connectivity index (χ3v) is 8.72. The number of fused-ring (bicyclic) bond motifs is 1. The molecule has 39 heavy (non-hydrogen) atoms. The average molecular weight is 535 g/mol. The lowest BCUT2D eigenvalue weighted by Crippen LogP contribution is -2.53. The summed E-state index contributed by atoms with van der Waals surface area (Å²) in [7, 11) is 2.13. The van der Waals surface area contributed by atoms with Gasteiger partial charge >= 0.3 is 0 Å². The van der Waals surface area contributed by atoms with Gasteiger partial charge in [0, 0.05) is 58.2 Å². The fourth-order valence-corrected chi connectivity index (χ4v) is 6.18. The SMILES string of the molecule is CN1CCN(CC(=O)N2CCC3(CCCCc4ccccc4OCCN(C(=O)c4cnccn4)C3)CC2)CC1. The van der Waals surface area contributed by atoms with Crippen molar-refractivity contribution in [3.05, 3.63) is 54.1 Å². The number of likely N-dealkylation sites (tertiary alicyclic amines) is 1. The van der Waals surface area contributed by atoms with Gasteiger partial charge in [-0.15, -0.1) is 0 Å². The van der Waals surface area contributed by atoms with Crippen molar-refractivity contribution in [3.63, 3.8) is 0 Å². The van der Waals surface area contributed by atoms with E-state index in [0.717, 1.165) is 83.5 Å². The quantitative estimate of drug-likeness (QED) is 0.599. The van der Waals surface area contributed by atoms with E-state index >= 15 is 0 Å². The van der Waals surface area contributed by atoms with Crippen LogP contribution in [0.1, 0.15) is 48.2 Å². The average Bonchev–Trinajstić information content (AvgIpc) is 2.96. The number of piperazine rings is 1. The monoisotopic (exact) mass is 534 g/mol. The van der Waals surface area contributed by atoms with Crippen LogP contribution in [0.25, 0.3) is 0 Å². The number of likely N-dealkylation sites (N-methyl/N-ethyl adjacent to an activating group) is 1. The summed E-state index contributed by atoms with van der Waals surface area (Å²) in [6, 6.07) is 8.23. The molecule has 0 radical (unpaired) electrons. The Bertz CT molecular complexity index is 1100. The smallest absolute Gasteiger partial charge is 0.274 e. The highest BCUT2D eigenvalue weighted by atomic mass is 16.5. The van der Waals surface area contributed by atoms with Crippen LogP contribution < -0.4 is 4.74 Å². The number of amides is 2. The first-order valence-corrected chi connectivity index (χ1v) is 14.5. The van der Waals surface area contributed by atoms with Crippen LogP contribution >= 0.6 is 0 Å². The molecule has 3 aliphatic heterocycles. The lowest BCUT2D eigenvalue weighted by atomic mass is 9.73. The number of ether oxygens (including phenoxy) is 1. The van der Waals surface area contributed by atoms with E-state index in [-0.39, 0.29) is 17.2 Å². The Morgan fingerprint density at radius 2 is 1.72 bits per heavy atom. The van der Waals surface area contributed by atoms with E-state index in [1.807, 2.05) is 21.9 Å². The molecule has 1 spiro atoms. The number of rotatable bonds is 3. The first-order valence-electron chi connectivity index (χ1n) is 14.5. The van der Waals surface area contributed by atoms with E-state index in [9.17, 15) is 9.59 Å². The third kappa shape index (κ3) is 7.13. The number of carbonyl (C=O) groups excluding carboxylic acids is 2. The molecule has 0 unspecified atom stereocenters. The zero-order chi connectivity index (χ0) is 27.1. The van der Waals surface area contributed by atoms with Crippen LogP contribution in [0.4, 0.5) is 0 Å². The molecule has 1 aromatic heterocycles. The van der Waals surface area contributed by atoms with Crippen molar-refractivity contribution >= 4 is 11.8 Å². The van der Waals surface area contributed by atoms with Crippen molar-refractivity contribution in [3.8, 4) is 5.75 Å². The van der Waals surface area contributed by atoms with Crippen molar-refractivity contribution in [1.82, 2.24) is 29.6 Å². The van der Waals surface area contributed by atoms with Gasteiger partial charge in [0.25, 0.3) is 5.91 Å². The van der Waals surface area contributed by atoms with Gasteiger partial charge in [0.05, 0.1) is 19.3 Å². The second kappa shape index (κ2) is 12.9. The van der Waals surface area contributed by atoms with Crippen LogP contribution in [-0.2, 0) is 11.2 Å². The number of piperidine rings is 1. The van der Waals surface area contributed by atoms with E-state index < -0.39 is 0 Å². The standard InChI is InChI=1S/C30H42N6O3/c1-33-16-18-34(19-17-33)23-28(37)35-14-10-30(11-15-35)9-5-4-7-25-6-2-3-8-27(25)39-21-20-36(24-30)29(38)26-22-31-12-13-32-26/h2-3,6,8,12-13,22H,4-5,7,9-11,14-21,23-24H2,1H3. The molecule has 2 amide bonds. The molecule has 0 N–H and O–H groups in total. The number of hydrogen-bond acceptors (Lipinski definition) is 7. The van der Waals surface area contributed by atoms with E-state index in [0.29, 0.717) is 31.9 Å². The molecule has 210 valence electrons. The highest BCUT2D eigenvalue weighted by molar-refractivity contribution is 5.92. The molecule has 0 atom stereocenters. The zero-order valence-corrected chi connectivity index (χ0v) is 23.3. The minimum atomic E-state index is -0.106. The molecule has 9 heteroatoms. The Kier molecular flexibility index (Phi) is 9.09. The summed E-state index contributed by atoms with van der Waals surface area (Å²) in [6.45, 7) is 7.49. The van der Waals surface area contributed by atoms with E-state index in [2.05, 4.69) is 38.9 Å². The van der Waals surface area contributed by atoms with Gasteiger partial charge in [0.2, 0.25) is 5.91 Å². The van der Waals surface area contributed by atoms with Gasteiger partial charge in [-0.05, 0) is 56.2 Å². The summed E-state index contributed by atoms with van der Waals surface area (Å²) in [4.78, 5) is 43.7. The van der Waals surface area contributed by atoms with Crippen molar-refractivity contribution < 1.29 is 14.3 Å². The maximum atomic E-state index is 13.6. The summed E-state index contributed by atoms with van der Waals surface area (Å²) in [5.41, 5.74) is 1.56. The fraction of sp³-hybridized carbons (Fsp3) is 0.600. The van der Waals surface area contributed by atoms with E-state index in [1.165, 1.54) is 5.56 Å². The van der Waals surface area contributed by atoms with Gasteiger partial charge in [0.1, 0.15) is 18.1 Å². The molecule has 2 fully saturated rings. The molecular formula is C30H42N6O3. The maximum Gasteiger partial charge on any atom is 0.274 e. The summed E-state index contributed by atoms with van der Waals surface area (Å²) in [5.74, 6) is 1.04. The number of aromatic nitrogens is 2. The van der Waals surface area contributed by atoms with Gasteiger partial charge < -0.3 is 19.4 Å². The van der Waals surface area contributed by atoms with Crippen LogP contribution in [0.15, 0.2) is 42.9 Å². The third-order valence-electron chi connectivity index (χ3n) is 8.72. The summed E-state index contributed by atoms with van der Waals surface area (Å²) in [5, 5.41) is 0. The minimum absolute atomic E-state index is 0.0266. The Morgan fingerprint density at radius 3 is 2.49 bits per heavy atom. The lowest BCUT2D eigenvalue weighted by Gasteiger charge is -2.45. The summed E-state index contributed by atoms with van der Waals surface area (Å²) >= 11 is 0. The van der Waals surface area contributed by atoms with E-state index in [4.69, 9.17) is 4.74 Å². The number of hydrogen-bond donors (Lipinski definition) is 0. The predicted octanol–water partition coefficient (Wildman–Crippen LogP) is 2.58. The second-order valence-corrected chi connectivity index (χ2v) is 11.4. The van der Waals surface area contributed by atoms with Crippen LogP contribution in [0.2, 0.25) is 0 Å². The summed E-state index contributed by atoms with van der Waals surface area (Å²) in [6.07, 6.45) is 10.7. The molecular weight excluding hydrogens is 492 g/mol. The van der Waals surface area contributed by atoms with Crippen LogP contribution in [0, 0.1) is 5.41 Å². The molecule has 9 nitrogen and oxygen atoms in total. The Balaban J connectivity index is 1.29. The Labute approximate surface area is 232 Å². The molecule has 3 aliphatic rings. The molecule has 2 saturated heterocycles. The zero-order valence-electron chi connectivity index (χ0n) is 23.3. The van der Waals surface area contributed by atoms with Gasteiger partial charge in [-0.1, -0.05) is 24.6 Å². The van der Waals surface area contributed by atoms with Crippen molar-refractivity contribution in [2.45, 2.75) is 38.5 Å². The van der Waals surface area contributed by atoms with Gasteiger partial charge in [-0.2, -0.15) is 0 Å². The number of nitrogens with zero attached hydrogens (tertiary/aromatic N) is 6. The van der Waals surface area contributed by atoms with Crippen LogP contribution in [0.3, 0.4) is 0 Å². The number of aryl methyl sites for hydroxylation is 1. The van der Waals surface area contributed by atoms with Crippen molar-refractivity contribution in [2.75, 3.05) is 72.6 Å². The maximum absolute atomic E-state index is 13.6. The van der Waals surface area contributed by atoms with Gasteiger partial charge in [-0.25, -0.2) is 4.98 Å². The molecule has 1 aromatic carbocycles. The minimum Gasteiger partial charge on any atom is -0.491 e. The Hall–Kier alpha value is -3.04. The van der Waals surface area contributed by atoms with Crippen molar-refractivity contribution in [1.29, 1.82) is 0 Å². The largest absolute Gasteiger partial charge is 0.491 e. The van der Waals surface area contributed by atoms with Gasteiger partial charge in [-0.3, -0.25) is 19.5 Å². The molecule has 0 bridgehead atoms. The lowest BCUT2D eigenvalue weighted by molar-refractivity contribution is -0.135. The van der Waals surface area contributed by atoms with E-state index in [1.54, 1.807) is 18.6 Å². The second-order valence-electron chi connectivity index (χ2n) is 11.4. The van der Waals surface area contributed by atoms with Crippen LogP contribution in [0.5, 0.6) is 5.75 Å². The molecule has 2 aromatic rings. The molecule has 4 heterocycles. The Morgan fingerprint density at radius 1 is 0.923 bits per heavy atom. The topological polar surface area (TPSA) is 82.1 Å². The van der Waals surface area contributed by atoms with Gasteiger partial charge in [0.15, 0.2) is 0 Å². The first-order chi connectivity index (χ1) is 19.0. The summed E-state index contributed by atoms with van der Waals surface area (Å²) < 4.78 is 6.19. The predicted molar refractivity (Wildman–Crippen MR) is 150 cm³/mol. The highest BCUT2D eigenvalue weighted by Gasteiger charge is 2.39. The molecule has 0 aliphatic carbocycles. The molecule has 0 saturated carbocycles. The normalized spacial score (nSPS) is 21.4. The number of benzene rings is 1. The fourth-order valence-electron chi connectivity index (χ4n) is 6.18. The molecule has 5 rings (SSSR count). The van der Waals surface area contributed by atoms with Crippen molar-refractivity contribution in [2.24, 2.45) is 5.41 Å². The number of para-hydroxylation sites is 1. The highest BCUT2D eigenvalue weighted by Crippen LogP contribution is 2.38. The van der Waals surface area contributed by atoms with Crippen LogP contribution in [-0.4, -0.2) is 114 Å². The first kappa shape index (κ1) is 27.5.